The van der Waals surface area contributed by atoms with Crippen LogP contribution in [-0.4, -0.2) is 65.8 Å². The van der Waals surface area contributed by atoms with Gasteiger partial charge < -0.3 is 19.9 Å². The molecule has 0 aromatic carbocycles. The van der Waals surface area contributed by atoms with Gasteiger partial charge >= 0.3 is 0 Å². The van der Waals surface area contributed by atoms with Crippen molar-refractivity contribution in [2.24, 2.45) is 0 Å². The molecule has 8 nitrogen and oxygen atoms in total. The van der Waals surface area contributed by atoms with Crippen molar-refractivity contribution in [3.05, 3.63) is 36.0 Å². The fourth-order valence-corrected chi connectivity index (χ4v) is 2.72. The second-order valence-electron chi connectivity index (χ2n) is 5.68. The van der Waals surface area contributed by atoms with Crippen molar-refractivity contribution in [3.63, 3.8) is 0 Å². The summed E-state index contributed by atoms with van der Waals surface area (Å²) >= 11 is 0. The number of aromatic nitrogens is 3. The van der Waals surface area contributed by atoms with Crippen molar-refractivity contribution in [2.75, 3.05) is 50.1 Å². The topological polar surface area (TPSA) is 83.5 Å². The maximum Gasteiger partial charge on any atom is 0.255 e. The Labute approximate surface area is 146 Å². The van der Waals surface area contributed by atoms with E-state index >= 15 is 0 Å². The van der Waals surface area contributed by atoms with Gasteiger partial charge in [0.25, 0.3) is 5.91 Å². The molecule has 8 heteroatoms. The maximum atomic E-state index is 12.5. The number of methoxy groups -OCH3 is 1. The molecule has 2 aromatic heterocycles. The molecule has 1 amide bonds. The number of pyridine rings is 1. The zero-order valence-electron chi connectivity index (χ0n) is 14.5. The van der Waals surface area contributed by atoms with Gasteiger partial charge in [0.2, 0.25) is 5.88 Å². The average Bonchev–Trinajstić information content (AvgIpc) is 2.68. The molecule has 132 valence electrons. The van der Waals surface area contributed by atoms with Gasteiger partial charge in [0.05, 0.1) is 12.7 Å². The Morgan fingerprint density at radius 2 is 1.96 bits per heavy atom. The minimum Gasteiger partial charge on any atom is -0.481 e. The number of hydrogen-bond donors (Lipinski definition) is 1. The van der Waals surface area contributed by atoms with Gasteiger partial charge in [0.15, 0.2) is 5.82 Å². The molecule has 0 bridgehead atoms. The van der Waals surface area contributed by atoms with E-state index in [1.54, 1.807) is 25.4 Å². The van der Waals surface area contributed by atoms with Crippen LogP contribution in [0.2, 0.25) is 0 Å². The molecule has 3 heterocycles. The number of nitrogens with one attached hydrogen (secondary N) is 1. The summed E-state index contributed by atoms with van der Waals surface area (Å²) < 4.78 is 5.02. The third-order valence-electron chi connectivity index (χ3n) is 4.09. The molecule has 1 aliphatic rings. The largest absolute Gasteiger partial charge is 0.481 e. The zero-order chi connectivity index (χ0) is 17.6. The third-order valence-corrected chi connectivity index (χ3v) is 4.09. The van der Waals surface area contributed by atoms with E-state index < -0.39 is 0 Å². The minimum atomic E-state index is -0.0108. The minimum absolute atomic E-state index is 0.0108. The number of rotatable bonds is 5. The van der Waals surface area contributed by atoms with Gasteiger partial charge in [-0.1, -0.05) is 0 Å². The molecule has 0 unspecified atom stereocenters. The average molecular weight is 342 g/mol. The van der Waals surface area contributed by atoms with Gasteiger partial charge in [-0.15, -0.1) is 10.2 Å². The summed E-state index contributed by atoms with van der Waals surface area (Å²) in [6.07, 6.45) is 1.55. The first kappa shape index (κ1) is 16.9. The summed E-state index contributed by atoms with van der Waals surface area (Å²) in [4.78, 5) is 20.6. The molecule has 3 rings (SSSR count). The first-order valence-electron chi connectivity index (χ1n) is 8.33. The predicted molar refractivity (Wildman–Crippen MR) is 95.1 cm³/mol. The Balaban J connectivity index is 1.58. The number of ether oxygens (including phenoxy) is 1. The monoisotopic (exact) mass is 342 g/mol. The van der Waals surface area contributed by atoms with Crippen LogP contribution in [-0.2, 0) is 0 Å². The van der Waals surface area contributed by atoms with Crippen LogP contribution in [0.5, 0.6) is 5.88 Å². The van der Waals surface area contributed by atoms with Gasteiger partial charge in [0, 0.05) is 45.0 Å². The molecule has 25 heavy (non-hydrogen) atoms. The Bertz CT molecular complexity index is 696. The second kappa shape index (κ2) is 7.78. The van der Waals surface area contributed by atoms with E-state index in [4.69, 9.17) is 4.74 Å². The Morgan fingerprint density at radius 1 is 1.16 bits per heavy atom. The predicted octanol–water partition coefficient (Wildman–Crippen LogP) is 1.27. The van der Waals surface area contributed by atoms with E-state index in [-0.39, 0.29) is 5.91 Å². The number of anilines is 2. The van der Waals surface area contributed by atoms with Crippen molar-refractivity contribution in [1.82, 2.24) is 20.1 Å². The van der Waals surface area contributed by atoms with Crippen molar-refractivity contribution in [3.8, 4) is 5.88 Å². The molecule has 2 aromatic rings. The van der Waals surface area contributed by atoms with E-state index in [0.717, 1.165) is 31.3 Å². The first-order valence-corrected chi connectivity index (χ1v) is 8.33. The van der Waals surface area contributed by atoms with Crippen LogP contribution in [0.3, 0.4) is 0 Å². The lowest BCUT2D eigenvalue weighted by molar-refractivity contribution is 0.0746. The summed E-state index contributed by atoms with van der Waals surface area (Å²) in [5, 5.41) is 11.5. The molecule has 1 N–H and O–H groups in total. The highest BCUT2D eigenvalue weighted by Crippen LogP contribution is 2.16. The van der Waals surface area contributed by atoms with E-state index in [0.29, 0.717) is 24.5 Å². The van der Waals surface area contributed by atoms with Crippen LogP contribution >= 0.6 is 0 Å². The summed E-state index contributed by atoms with van der Waals surface area (Å²) in [5.41, 5.74) is 0.573. The SMILES string of the molecule is CCNc1ccc(N2CCN(C(=O)c3ccc(OC)nc3)CC2)nn1. The smallest absolute Gasteiger partial charge is 0.255 e. The van der Waals surface area contributed by atoms with Crippen molar-refractivity contribution in [2.45, 2.75) is 6.92 Å². The summed E-state index contributed by atoms with van der Waals surface area (Å²) in [7, 11) is 1.55. The maximum absolute atomic E-state index is 12.5. The van der Waals surface area contributed by atoms with Gasteiger partial charge in [-0.2, -0.15) is 0 Å². The number of nitrogens with zero attached hydrogens (tertiary/aromatic N) is 5. The van der Waals surface area contributed by atoms with Crippen molar-refractivity contribution < 1.29 is 9.53 Å². The van der Waals surface area contributed by atoms with Gasteiger partial charge in [-0.25, -0.2) is 4.98 Å². The number of carbonyl (C=O) groups is 1. The van der Waals surface area contributed by atoms with E-state index in [9.17, 15) is 4.79 Å². The summed E-state index contributed by atoms with van der Waals surface area (Å²) in [6, 6.07) is 7.32. The van der Waals surface area contributed by atoms with Crippen molar-refractivity contribution in [1.29, 1.82) is 0 Å². The number of piperazine rings is 1. The first-order chi connectivity index (χ1) is 12.2. The molecule has 0 saturated carbocycles. The molecule has 0 radical (unpaired) electrons. The lowest BCUT2D eigenvalue weighted by atomic mass is 10.2. The highest BCUT2D eigenvalue weighted by Gasteiger charge is 2.23. The number of amides is 1. The normalized spacial score (nSPS) is 14.3. The fourth-order valence-electron chi connectivity index (χ4n) is 2.72. The zero-order valence-corrected chi connectivity index (χ0v) is 14.5. The summed E-state index contributed by atoms with van der Waals surface area (Å²) in [6.45, 7) is 5.57. The molecule has 1 saturated heterocycles. The van der Waals surface area contributed by atoms with Crippen LogP contribution < -0.4 is 15.0 Å². The van der Waals surface area contributed by atoms with Crippen molar-refractivity contribution >= 4 is 17.5 Å². The van der Waals surface area contributed by atoms with E-state index in [1.165, 1.54) is 0 Å². The van der Waals surface area contributed by atoms with Gasteiger partial charge in [-0.3, -0.25) is 4.79 Å². The highest BCUT2D eigenvalue weighted by atomic mass is 16.5. The molecular formula is C17H22N6O2. The van der Waals surface area contributed by atoms with Gasteiger partial charge in [0.1, 0.15) is 5.82 Å². The molecule has 0 aliphatic carbocycles. The lowest BCUT2D eigenvalue weighted by Crippen LogP contribution is -2.49. The number of carbonyl (C=O) groups excluding carboxylic acids is 1. The van der Waals surface area contributed by atoms with Crippen LogP contribution in [0, 0.1) is 0 Å². The molecular weight excluding hydrogens is 320 g/mol. The molecule has 1 aliphatic heterocycles. The highest BCUT2D eigenvalue weighted by molar-refractivity contribution is 5.94. The molecule has 0 atom stereocenters. The second-order valence-corrected chi connectivity index (χ2v) is 5.68. The van der Waals surface area contributed by atoms with Crippen LogP contribution in [0.1, 0.15) is 17.3 Å². The quantitative estimate of drug-likeness (QED) is 0.876. The van der Waals surface area contributed by atoms with Crippen LogP contribution in [0.15, 0.2) is 30.5 Å². The van der Waals surface area contributed by atoms with E-state index in [1.807, 2.05) is 24.0 Å². The lowest BCUT2D eigenvalue weighted by Gasteiger charge is -2.35. The summed E-state index contributed by atoms with van der Waals surface area (Å²) in [5.74, 6) is 2.09. The molecule has 0 spiro atoms. The Morgan fingerprint density at radius 3 is 2.52 bits per heavy atom. The Kier molecular flexibility index (Phi) is 5.27. The van der Waals surface area contributed by atoms with E-state index in [2.05, 4.69) is 25.4 Å². The standard InChI is InChI=1S/C17H22N6O2/c1-3-18-14-5-6-15(21-20-14)22-8-10-23(11-9-22)17(24)13-4-7-16(25-2)19-12-13/h4-7,12H,3,8-11H2,1-2H3,(H,18,20). The van der Waals surface area contributed by atoms with Crippen LogP contribution in [0.4, 0.5) is 11.6 Å². The fraction of sp³-hybridized carbons (Fsp3) is 0.412. The third kappa shape index (κ3) is 3.96. The van der Waals surface area contributed by atoms with Gasteiger partial charge in [-0.05, 0) is 25.1 Å². The Hall–Kier alpha value is -2.90. The van der Waals surface area contributed by atoms with Crippen LogP contribution in [0.25, 0.3) is 0 Å². The molecule has 1 fully saturated rings. The number of hydrogen-bond acceptors (Lipinski definition) is 7.